The highest BCUT2D eigenvalue weighted by atomic mass is 35.5. The maximum absolute atomic E-state index is 5.98. The van der Waals surface area contributed by atoms with E-state index in [0.29, 0.717) is 5.02 Å². The van der Waals surface area contributed by atoms with E-state index in [4.69, 9.17) is 16.3 Å². The number of nitrogens with one attached hydrogen (secondary N) is 1. The highest BCUT2D eigenvalue weighted by Crippen LogP contribution is 2.27. The summed E-state index contributed by atoms with van der Waals surface area (Å²) >= 11 is 5.98. The average Bonchev–Trinajstić information content (AvgIpc) is 2.47. The van der Waals surface area contributed by atoms with E-state index in [1.54, 1.807) is 7.11 Å². The minimum atomic E-state index is 0.672. The third-order valence-corrected chi connectivity index (χ3v) is 3.16. The van der Waals surface area contributed by atoms with Crippen LogP contribution < -0.4 is 10.1 Å². The number of hydrogen-bond donors (Lipinski definition) is 1. The molecule has 100 valence electrons. The van der Waals surface area contributed by atoms with Gasteiger partial charge in [0.15, 0.2) is 0 Å². The molecule has 0 aliphatic rings. The molecule has 0 unspecified atom stereocenters. The highest BCUT2D eigenvalue weighted by Gasteiger charge is 2.05. The van der Waals surface area contributed by atoms with Crippen LogP contribution in [0.25, 0.3) is 10.9 Å². The second kappa shape index (κ2) is 5.35. The van der Waals surface area contributed by atoms with E-state index < -0.39 is 0 Å². The van der Waals surface area contributed by atoms with Gasteiger partial charge in [-0.1, -0.05) is 17.7 Å². The number of nitrogens with zero attached hydrogens (tertiary/aromatic N) is 2. The number of halogens is 1. The molecular formula is C15H12ClN3O. The van der Waals surface area contributed by atoms with Crippen molar-refractivity contribution in [1.29, 1.82) is 0 Å². The molecule has 0 bridgehead atoms. The van der Waals surface area contributed by atoms with E-state index >= 15 is 0 Å². The minimum Gasteiger partial charge on any atom is -0.497 e. The molecule has 1 heterocycles. The lowest BCUT2D eigenvalue weighted by Crippen LogP contribution is -1.96. The lowest BCUT2D eigenvalue weighted by molar-refractivity contribution is 0.415. The largest absolute Gasteiger partial charge is 0.497 e. The Morgan fingerprint density at radius 3 is 2.80 bits per heavy atom. The third kappa shape index (κ3) is 2.51. The number of aromatic nitrogens is 2. The van der Waals surface area contributed by atoms with Crippen LogP contribution in [0.2, 0.25) is 5.02 Å². The first-order valence-electron chi connectivity index (χ1n) is 6.07. The van der Waals surface area contributed by atoms with Gasteiger partial charge in [0.25, 0.3) is 0 Å². The van der Waals surface area contributed by atoms with Gasteiger partial charge in [-0.2, -0.15) is 0 Å². The Bertz CT molecular complexity index is 761. The van der Waals surface area contributed by atoms with E-state index in [9.17, 15) is 0 Å². The molecule has 3 aromatic rings. The first-order chi connectivity index (χ1) is 9.76. The van der Waals surface area contributed by atoms with Crippen molar-refractivity contribution in [2.45, 2.75) is 0 Å². The first kappa shape index (κ1) is 12.7. The standard InChI is InChI=1S/C15H12ClN3O/c1-20-12-5-6-14-13(8-12)15(18-9-17-14)19-11-4-2-3-10(16)7-11/h2-9H,1H3,(H,17,18,19). The van der Waals surface area contributed by atoms with Crippen LogP contribution in [0.5, 0.6) is 5.75 Å². The zero-order valence-corrected chi connectivity index (χ0v) is 11.6. The van der Waals surface area contributed by atoms with E-state index in [-0.39, 0.29) is 0 Å². The Labute approximate surface area is 121 Å². The number of methoxy groups -OCH3 is 1. The van der Waals surface area contributed by atoms with E-state index in [2.05, 4.69) is 15.3 Å². The summed E-state index contributed by atoms with van der Waals surface area (Å²) in [5.41, 5.74) is 1.73. The molecule has 1 N–H and O–H groups in total. The summed E-state index contributed by atoms with van der Waals surface area (Å²) in [6, 6.07) is 13.2. The molecule has 0 spiro atoms. The lowest BCUT2D eigenvalue weighted by atomic mass is 10.2. The molecule has 5 heteroatoms. The molecule has 0 saturated heterocycles. The van der Waals surface area contributed by atoms with Gasteiger partial charge in [0, 0.05) is 16.1 Å². The predicted molar refractivity (Wildman–Crippen MR) is 80.8 cm³/mol. The Morgan fingerprint density at radius 1 is 1.10 bits per heavy atom. The number of rotatable bonds is 3. The fourth-order valence-electron chi connectivity index (χ4n) is 1.97. The molecule has 0 amide bonds. The van der Waals surface area contributed by atoms with Gasteiger partial charge >= 0.3 is 0 Å². The third-order valence-electron chi connectivity index (χ3n) is 2.93. The zero-order chi connectivity index (χ0) is 13.9. The predicted octanol–water partition coefficient (Wildman–Crippen LogP) is 4.04. The quantitative estimate of drug-likeness (QED) is 0.789. The topological polar surface area (TPSA) is 47.0 Å². The Kier molecular flexibility index (Phi) is 3.39. The van der Waals surface area contributed by atoms with Crippen LogP contribution in [0, 0.1) is 0 Å². The van der Waals surface area contributed by atoms with Gasteiger partial charge in [0.2, 0.25) is 0 Å². The number of hydrogen-bond acceptors (Lipinski definition) is 4. The molecule has 1 aromatic heterocycles. The van der Waals surface area contributed by atoms with Gasteiger partial charge in [0.1, 0.15) is 17.9 Å². The molecule has 0 atom stereocenters. The van der Waals surface area contributed by atoms with E-state index in [1.165, 1.54) is 6.33 Å². The Hall–Kier alpha value is -2.33. The molecule has 0 fully saturated rings. The molecule has 0 radical (unpaired) electrons. The molecule has 3 rings (SSSR count). The van der Waals surface area contributed by atoms with Gasteiger partial charge in [0.05, 0.1) is 12.6 Å². The van der Waals surface area contributed by atoms with Crippen LogP contribution in [0.15, 0.2) is 48.8 Å². The van der Waals surface area contributed by atoms with Crippen LogP contribution >= 0.6 is 11.6 Å². The summed E-state index contributed by atoms with van der Waals surface area (Å²) in [4.78, 5) is 8.53. The van der Waals surface area contributed by atoms with Crippen LogP contribution in [-0.2, 0) is 0 Å². The van der Waals surface area contributed by atoms with Crippen molar-refractivity contribution >= 4 is 34.0 Å². The summed E-state index contributed by atoms with van der Waals surface area (Å²) in [6.07, 6.45) is 1.53. The molecule has 0 saturated carbocycles. The minimum absolute atomic E-state index is 0.672. The van der Waals surface area contributed by atoms with Gasteiger partial charge in [-0.05, 0) is 36.4 Å². The number of ether oxygens (including phenoxy) is 1. The number of anilines is 2. The van der Waals surface area contributed by atoms with Crippen molar-refractivity contribution in [2.24, 2.45) is 0 Å². The zero-order valence-electron chi connectivity index (χ0n) is 10.8. The fourth-order valence-corrected chi connectivity index (χ4v) is 2.16. The smallest absolute Gasteiger partial charge is 0.141 e. The maximum atomic E-state index is 5.98. The van der Waals surface area contributed by atoms with Crippen molar-refractivity contribution in [2.75, 3.05) is 12.4 Å². The molecule has 20 heavy (non-hydrogen) atoms. The van der Waals surface area contributed by atoms with E-state index in [1.807, 2.05) is 42.5 Å². The van der Waals surface area contributed by atoms with Crippen LogP contribution in [0.1, 0.15) is 0 Å². The van der Waals surface area contributed by atoms with Gasteiger partial charge < -0.3 is 10.1 Å². The monoisotopic (exact) mass is 285 g/mol. The molecular weight excluding hydrogens is 274 g/mol. The summed E-state index contributed by atoms with van der Waals surface area (Å²) < 4.78 is 5.24. The van der Waals surface area contributed by atoms with Crippen LogP contribution in [0.4, 0.5) is 11.5 Å². The Balaban J connectivity index is 2.06. The summed E-state index contributed by atoms with van der Waals surface area (Å²) in [7, 11) is 1.63. The SMILES string of the molecule is COc1ccc2ncnc(Nc3cccc(Cl)c3)c2c1. The van der Waals surface area contributed by atoms with Crippen molar-refractivity contribution < 1.29 is 4.74 Å². The summed E-state index contributed by atoms with van der Waals surface area (Å²) in [5, 5.41) is 4.82. The van der Waals surface area contributed by atoms with Crippen LogP contribution in [-0.4, -0.2) is 17.1 Å². The van der Waals surface area contributed by atoms with Crippen molar-refractivity contribution in [3.05, 3.63) is 53.8 Å². The van der Waals surface area contributed by atoms with E-state index in [0.717, 1.165) is 28.2 Å². The van der Waals surface area contributed by atoms with Gasteiger partial charge in [-0.25, -0.2) is 9.97 Å². The van der Waals surface area contributed by atoms with Gasteiger partial charge in [-0.15, -0.1) is 0 Å². The van der Waals surface area contributed by atoms with Gasteiger partial charge in [-0.3, -0.25) is 0 Å². The number of benzene rings is 2. The second-order valence-electron chi connectivity index (χ2n) is 4.24. The lowest BCUT2D eigenvalue weighted by Gasteiger charge is -2.09. The van der Waals surface area contributed by atoms with Crippen molar-refractivity contribution in [1.82, 2.24) is 9.97 Å². The normalized spacial score (nSPS) is 10.5. The van der Waals surface area contributed by atoms with Crippen molar-refractivity contribution in [3.63, 3.8) is 0 Å². The second-order valence-corrected chi connectivity index (χ2v) is 4.68. The first-order valence-corrected chi connectivity index (χ1v) is 6.45. The highest BCUT2D eigenvalue weighted by molar-refractivity contribution is 6.30. The maximum Gasteiger partial charge on any atom is 0.141 e. The fraction of sp³-hybridized carbons (Fsp3) is 0.0667. The molecule has 0 aliphatic heterocycles. The van der Waals surface area contributed by atoms with Crippen LogP contribution in [0.3, 0.4) is 0 Å². The summed E-state index contributed by atoms with van der Waals surface area (Å²) in [5.74, 6) is 1.48. The van der Waals surface area contributed by atoms with Crippen molar-refractivity contribution in [3.8, 4) is 5.75 Å². The molecule has 4 nitrogen and oxygen atoms in total. The molecule has 0 aliphatic carbocycles. The number of fused-ring (bicyclic) bond motifs is 1. The summed E-state index contributed by atoms with van der Waals surface area (Å²) in [6.45, 7) is 0. The average molecular weight is 286 g/mol. The molecule has 2 aromatic carbocycles. The Morgan fingerprint density at radius 2 is 2.00 bits per heavy atom.